The average Bonchev–Trinajstić information content (AvgIpc) is 3.27. The molecular formula is C18H19N3OS. The van der Waals surface area contributed by atoms with Crippen LogP contribution in [0.5, 0.6) is 0 Å². The first-order valence-corrected chi connectivity index (χ1v) is 8.60. The number of amides is 1. The van der Waals surface area contributed by atoms with Gasteiger partial charge in [-0.05, 0) is 36.8 Å². The number of aryl methyl sites for hydroxylation is 1. The summed E-state index contributed by atoms with van der Waals surface area (Å²) in [5, 5.41) is 14.3. The molecule has 1 aliphatic carbocycles. The Balaban J connectivity index is 1.63. The summed E-state index contributed by atoms with van der Waals surface area (Å²) < 4.78 is 0. The Morgan fingerprint density at radius 3 is 2.96 bits per heavy atom. The maximum atomic E-state index is 12.3. The highest BCUT2D eigenvalue weighted by molar-refractivity contribution is 7.14. The standard InChI is InChI=1S/C18H19N3OS/c1-13-3-2-4-14(9-13)11-21(16-5-6-16)12-17(22)20-18-15(10-19)7-8-23-18/h2-4,7-9,16H,5-6,11-12H2,1H3,(H,20,22). The molecule has 2 aromatic rings. The number of thiophene rings is 1. The molecule has 0 saturated heterocycles. The van der Waals surface area contributed by atoms with E-state index in [9.17, 15) is 4.79 Å². The van der Waals surface area contributed by atoms with Gasteiger partial charge >= 0.3 is 0 Å². The van der Waals surface area contributed by atoms with Gasteiger partial charge in [-0.25, -0.2) is 0 Å². The molecule has 1 aromatic heterocycles. The van der Waals surface area contributed by atoms with Gasteiger partial charge < -0.3 is 5.32 Å². The summed E-state index contributed by atoms with van der Waals surface area (Å²) >= 11 is 1.39. The fourth-order valence-electron chi connectivity index (χ4n) is 2.64. The number of anilines is 1. The molecule has 0 spiro atoms. The molecule has 1 aliphatic rings. The Bertz CT molecular complexity index is 743. The van der Waals surface area contributed by atoms with Crippen molar-refractivity contribution in [1.29, 1.82) is 5.26 Å². The first kappa shape index (κ1) is 15.7. The minimum absolute atomic E-state index is 0.0523. The Kier molecular flexibility index (Phi) is 4.75. The number of hydrogen-bond donors (Lipinski definition) is 1. The van der Waals surface area contributed by atoms with Crippen LogP contribution in [0.15, 0.2) is 35.7 Å². The second-order valence-electron chi connectivity index (χ2n) is 5.95. The highest BCUT2D eigenvalue weighted by atomic mass is 32.1. The van der Waals surface area contributed by atoms with Gasteiger partial charge in [0.1, 0.15) is 11.1 Å². The minimum atomic E-state index is -0.0523. The minimum Gasteiger partial charge on any atom is -0.315 e. The van der Waals surface area contributed by atoms with E-state index in [1.165, 1.54) is 22.5 Å². The van der Waals surface area contributed by atoms with Crippen molar-refractivity contribution in [2.24, 2.45) is 0 Å². The van der Waals surface area contributed by atoms with Gasteiger partial charge in [-0.2, -0.15) is 5.26 Å². The highest BCUT2D eigenvalue weighted by Crippen LogP contribution is 2.28. The third kappa shape index (κ3) is 4.19. The molecular weight excluding hydrogens is 306 g/mol. The summed E-state index contributed by atoms with van der Waals surface area (Å²) in [6.45, 7) is 3.23. The number of hydrogen-bond acceptors (Lipinski definition) is 4. The van der Waals surface area contributed by atoms with Crippen LogP contribution in [0, 0.1) is 18.3 Å². The third-order valence-electron chi connectivity index (χ3n) is 3.92. The lowest BCUT2D eigenvalue weighted by Crippen LogP contribution is -2.34. The van der Waals surface area contributed by atoms with Gasteiger partial charge in [-0.3, -0.25) is 9.69 Å². The number of benzene rings is 1. The van der Waals surface area contributed by atoms with Crippen molar-refractivity contribution >= 4 is 22.2 Å². The zero-order valence-corrected chi connectivity index (χ0v) is 13.9. The molecule has 4 nitrogen and oxygen atoms in total. The predicted molar refractivity (Wildman–Crippen MR) is 92.3 cm³/mol. The lowest BCUT2D eigenvalue weighted by molar-refractivity contribution is -0.117. The van der Waals surface area contributed by atoms with Gasteiger partial charge in [0.2, 0.25) is 5.91 Å². The van der Waals surface area contributed by atoms with Crippen LogP contribution in [-0.2, 0) is 11.3 Å². The number of nitrogens with zero attached hydrogens (tertiary/aromatic N) is 2. The van der Waals surface area contributed by atoms with Gasteiger partial charge in [0.25, 0.3) is 0 Å². The number of rotatable bonds is 6. The lowest BCUT2D eigenvalue weighted by atomic mass is 10.1. The van der Waals surface area contributed by atoms with Crippen LogP contribution in [-0.4, -0.2) is 23.4 Å². The van der Waals surface area contributed by atoms with Crippen LogP contribution >= 0.6 is 11.3 Å². The van der Waals surface area contributed by atoms with Crippen LogP contribution in [0.2, 0.25) is 0 Å². The number of carbonyl (C=O) groups excluding carboxylic acids is 1. The Labute approximate surface area is 140 Å². The van der Waals surface area contributed by atoms with Crippen LogP contribution in [0.3, 0.4) is 0 Å². The third-order valence-corrected chi connectivity index (χ3v) is 4.75. The first-order valence-electron chi connectivity index (χ1n) is 7.73. The van der Waals surface area contributed by atoms with E-state index in [0.29, 0.717) is 23.2 Å². The number of nitriles is 1. The molecule has 0 radical (unpaired) electrons. The van der Waals surface area contributed by atoms with E-state index >= 15 is 0 Å². The average molecular weight is 325 g/mol. The summed E-state index contributed by atoms with van der Waals surface area (Å²) in [6.07, 6.45) is 2.31. The molecule has 118 valence electrons. The summed E-state index contributed by atoms with van der Waals surface area (Å²) in [5.41, 5.74) is 3.00. The predicted octanol–water partition coefficient (Wildman–Crippen LogP) is 3.53. The van der Waals surface area contributed by atoms with Crippen molar-refractivity contribution < 1.29 is 4.79 Å². The Morgan fingerprint density at radius 2 is 2.26 bits per heavy atom. The summed E-state index contributed by atoms with van der Waals surface area (Å²) in [6, 6.07) is 12.7. The second kappa shape index (κ2) is 6.95. The van der Waals surface area contributed by atoms with E-state index in [0.717, 1.165) is 19.4 Å². The maximum absolute atomic E-state index is 12.3. The lowest BCUT2D eigenvalue weighted by Gasteiger charge is -2.21. The van der Waals surface area contributed by atoms with E-state index in [4.69, 9.17) is 5.26 Å². The zero-order valence-electron chi connectivity index (χ0n) is 13.1. The Hall–Kier alpha value is -2.16. The van der Waals surface area contributed by atoms with E-state index < -0.39 is 0 Å². The number of nitrogens with one attached hydrogen (secondary N) is 1. The summed E-state index contributed by atoms with van der Waals surface area (Å²) in [7, 11) is 0. The normalized spacial score (nSPS) is 13.8. The van der Waals surface area contributed by atoms with Crippen molar-refractivity contribution in [3.63, 3.8) is 0 Å². The van der Waals surface area contributed by atoms with Crippen molar-refractivity contribution in [1.82, 2.24) is 4.90 Å². The van der Waals surface area contributed by atoms with Crippen molar-refractivity contribution in [3.8, 4) is 6.07 Å². The van der Waals surface area contributed by atoms with Crippen LogP contribution in [0.25, 0.3) is 0 Å². The SMILES string of the molecule is Cc1cccc(CN(CC(=O)Nc2sccc2C#N)C2CC2)c1. The fourth-order valence-corrected chi connectivity index (χ4v) is 3.40. The molecule has 0 unspecified atom stereocenters. The molecule has 23 heavy (non-hydrogen) atoms. The van der Waals surface area contributed by atoms with E-state index in [1.807, 2.05) is 5.38 Å². The molecule has 1 aromatic carbocycles. The van der Waals surface area contributed by atoms with Crippen molar-refractivity contribution in [3.05, 3.63) is 52.4 Å². The van der Waals surface area contributed by atoms with Gasteiger partial charge in [0.15, 0.2) is 0 Å². The van der Waals surface area contributed by atoms with Crippen LogP contribution in [0.1, 0.15) is 29.5 Å². The van der Waals surface area contributed by atoms with Gasteiger partial charge in [0.05, 0.1) is 12.1 Å². The molecule has 1 heterocycles. The fraction of sp³-hybridized carbons (Fsp3) is 0.333. The van der Waals surface area contributed by atoms with Gasteiger partial charge in [0, 0.05) is 12.6 Å². The topological polar surface area (TPSA) is 56.1 Å². The monoisotopic (exact) mass is 325 g/mol. The van der Waals surface area contributed by atoms with Crippen molar-refractivity contribution in [2.75, 3.05) is 11.9 Å². The smallest absolute Gasteiger partial charge is 0.239 e. The van der Waals surface area contributed by atoms with Crippen molar-refractivity contribution in [2.45, 2.75) is 32.4 Å². The second-order valence-corrected chi connectivity index (χ2v) is 6.86. The van der Waals surface area contributed by atoms with Gasteiger partial charge in [-0.1, -0.05) is 29.8 Å². The highest BCUT2D eigenvalue weighted by Gasteiger charge is 2.30. The van der Waals surface area contributed by atoms with Gasteiger partial charge in [-0.15, -0.1) is 11.3 Å². The summed E-state index contributed by atoms with van der Waals surface area (Å²) in [4.78, 5) is 14.5. The Morgan fingerprint density at radius 1 is 1.43 bits per heavy atom. The zero-order chi connectivity index (χ0) is 16.2. The molecule has 5 heteroatoms. The molecule has 1 N–H and O–H groups in total. The molecule has 3 rings (SSSR count). The molecule has 0 atom stereocenters. The van der Waals surface area contributed by atoms with E-state index in [-0.39, 0.29) is 5.91 Å². The largest absolute Gasteiger partial charge is 0.315 e. The number of carbonyl (C=O) groups is 1. The molecule has 0 aliphatic heterocycles. The molecule has 1 fully saturated rings. The van der Waals surface area contributed by atoms with E-state index in [1.54, 1.807) is 6.07 Å². The first-order chi connectivity index (χ1) is 11.2. The van der Waals surface area contributed by atoms with E-state index in [2.05, 4.69) is 47.5 Å². The molecule has 0 bridgehead atoms. The quantitative estimate of drug-likeness (QED) is 0.884. The van der Waals surface area contributed by atoms with Crippen LogP contribution < -0.4 is 5.32 Å². The molecule has 1 saturated carbocycles. The maximum Gasteiger partial charge on any atom is 0.239 e. The molecule has 1 amide bonds. The summed E-state index contributed by atoms with van der Waals surface area (Å²) in [5.74, 6) is -0.0523. The van der Waals surface area contributed by atoms with Crippen LogP contribution in [0.4, 0.5) is 5.00 Å².